The third-order valence-corrected chi connectivity index (χ3v) is 5.77. The van der Waals surface area contributed by atoms with Crippen LogP contribution in [0, 0.1) is 19.7 Å². The molecule has 2 heterocycles. The summed E-state index contributed by atoms with van der Waals surface area (Å²) in [5, 5.41) is 0. The highest BCUT2D eigenvalue weighted by molar-refractivity contribution is 5.89. The zero-order valence-electron chi connectivity index (χ0n) is 15.6. The van der Waals surface area contributed by atoms with E-state index in [1.807, 2.05) is 19.9 Å². The predicted molar refractivity (Wildman–Crippen MR) is 102 cm³/mol. The number of aryl methyl sites for hydroxylation is 1. The molecule has 0 atom stereocenters. The molecule has 5 heteroatoms. The van der Waals surface area contributed by atoms with Gasteiger partial charge in [0.2, 0.25) is 6.41 Å². The Balaban J connectivity index is 2.03. The van der Waals surface area contributed by atoms with Crippen molar-refractivity contribution >= 4 is 18.4 Å². The fraction of sp³-hybridized carbons (Fsp3) is 0.364. The van der Waals surface area contributed by atoms with Crippen LogP contribution < -0.4 is 9.64 Å². The van der Waals surface area contributed by atoms with Crippen LogP contribution in [0.4, 0.5) is 10.1 Å². The third kappa shape index (κ3) is 2.73. The molecule has 140 valence electrons. The first-order valence-corrected chi connectivity index (χ1v) is 9.32. The Morgan fingerprint density at radius 3 is 2.74 bits per heavy atom. The Morgan fingerprint density at radius 1 is 1.19 bits per heavy atom. The maximum absolute atomic E-state index is 14.8. The van der Waals surface area contributed by atoms with Crippen molar-refractivity contribution < 1.29 is 18.7 Å². The summed E-state index contributed by atoms with van der Waals surface area (Å²) in [6.45, 7) is 5.07. The molecule has 0 spiro atoms. The van der Waals surface area contributed by atoms with Gasteiger partial charge in [-0.15, -0.1) is 0 Å². The zero-order chi connectivity index (χ0) is 19.1. The minimum atomic E-state index is -0.358. The van der Waals surface area contributed by atoms with Crippen molar-refractivity contribution in [3.8, 4) is 16.9 Å². The molecule has 0 bridgehead atoms. The molecular formula is C22H22FNO3. The van der Waals surface area contributed by atoms with E-state index in [0.29, 0.717) is 25.3 Å². The number of amides is 1. The van der Waals surface area contributed by atoms with Crippen LogP contribution in [0.2, 0.25) is 0 Å². The number of anilines is 1. The van der Waals surface area contributed by atoms with Crippen molar-refractivity contribution in [1.29, 1.82) is 0 Å². The zero-order valence-corrected chi connectivity index (χ0v) is 15.6. The molecule has 0 saturated heterocycles. The summed E-state index contributed by atoms with van der Waals surface area (Å²) >= 11 is 0. The first-order chi connectivity index (χ1) is 13.1. The third-order valence-electron chi connectivity index (χ3n) is 5.77. The molecule has 0 aliphatic carbocycles. The predicted octanol–water partition coefficient (Wildman–Crippen LogP) is 3.69. The molecule has 2 aliphatic rings. The molecule has 2 aromatic rings. The van der Waals surface area contributed by atoms with Gasteiger partial charge in [-0.2, -0.15) is 0 Å². The molecule has 2 aromatic carbocycles. The van der Waals surface area contributed by atoms with E-state index in [0.717, 1.165) is 70.2 Å². The van der Waals surface area contributed by atoms with Gasteiger partial charge in [-0.25, -0.2) is 4.39 Å². The van der Waals surface area contributed by atoms with Crippen LogP contribution in [0.15, 0.2) is 12.1 Å². The monoisotopic (exact) mass is 367 g/mol. The van der Waals surface area contributed by atoms with Crippen LogP contribution in [0.5, 0.6) is 5.75 Å². The number of benzene rings is 2. The molecule has 0 unspecified atom stereocenters. The molecule has 0 radical (unpaired) electrons. The van der Waals surface area contributed by atoms with Gasteiger partial charge in [-0.1, -0.05) is 0 Å². The first kappa shape index (κ1) is 17.7. The van der Waals surface area contributed by atoms with E-state index in [4.69, 9.17) is 4.74 Å². The lowest BCUT2D eigenvalue weighted by atomic mass is 9.84. The van der Waals surface area contributed by atoms with Crippen molar-refractivity contribution in [2.24, 2.45) is 0 Å². The highest BCUT2D eigenvalue weighted by Crippen LogP contribution is 2.44. The van der Waals surface area contributed by atoms with E-state index in [9.17, 15) is 14.0 Å². The number of hydrogen-bond donors (Lipinski definition) is 0. The van der Waals surface area contributed by atoms with E-state index in [1.165, 1.54) is 6.07 Å². The maximum atomic E-state index is 14.8. The summed E-state index contributed by atoms with van der Waals surface area (Å²) in [5.41, 5.74) is 7.36. The minimum Gasteiger partial charge on any atom is -0.490 e. The number of halogens is 1. The molecule has 0 aromatic heterocycles. The smallest absolute Gasteiger partial charge is 0.214 e. The summed E-state index contributed by atoms with van der Waals surface area (Å²) in [7, 11) is 0. The lowest BCUT2D eigenvalue weighted by Crippen LogP contribution is -2.17. The Morgan fingerprint density at radius 2 is 2.00 bits per heavy atom. The normalized spacial score (nSPS) is 15.1. The van der Waals surface area contributed by atoms with Gasteiger partial charge in [0.05, 0.1) is 6.61 Å². The average molecular weight is 367 g/mol. The fourth-order valence-electron chi connectivity index (χ4n) is 4.45. The lowest BCUT2D eigenvalue weighted by Gasteiger charge is -2.25. The van der Waals surface area contributed by atoms with E-state index < -0.39 is 0 Å². The second kappa shape index (κ2) is 6.80. The van der Waals surface area contributed by atoms with E-state index in [1.54, 1.807) is 4.90 Å². The molecule has 0 N–H and O–H groups in total. The topological polar surface area (TPSA) is 46.6 Å². The summed E-state index contributed by atoms with van der Waals surface area (Å²) in [6, 6.07) is 3.50. The molecule has 27 heavy (non-hydrogen) atoms. The van der Waals surface area contributed by atoms with Crippen LogP contribution in [-0.2, 0) is 28.9 Å². The summed E-state index contributed by atoms with van der Waals surface area (Å²) in [6.07, 6.45) is 4.33. The Labute approximate surface area is 157 Å². The molecule has 0 fully saturated rings. The molecule has 4 rings (SSSR count). The van der Waals surface area contributed by atoms with Gasteiger partial charge in [0.1, 0.15) is 6.29 Å². The number of aldehydes is 1. The minimum absolute atomic E-state index is 0.268. The van der Waals surface area contributed by atoms with Crippen LogP contribution in [-0.4, -0.2) is 25.8 Å². The number of hydrogen-bond acceptors (Lipinski definition) is 3. The standard InChI is InChI=1S/C22H22FNO3/c1-13-10-20-17(5-7-24(20)12-26)21(15(13)6-8-25)18-11-19(23)22-16(14(18)2)4-3-9-27-22/h8,10-12H,3-7,9H2,1-2H3. The Hall–Kier alpha value is -2.69. The summed E-state index contributed by atoms with van der Waals surface area (Å²) in [5.74, 6) is 0.00102. The van der Waals surface area contributed by atoms with Gasteiger partial charge in [0.15, 0.2) is 11.6 Å². The lowest BCUT2D eigenvalue weighted by molar-refractivity contribution is -0.108. The van der Waals surface area contributed by atoms with Crippen LogP contribution in [0.1, 0.15) is 34.2 Å². The number of rotatable bonds is 4. The van der Waals surface area contributed by atoms with Crippen LogP contribution in [0.25, 0.3) is 11.1 Å². The number of ether oxygens (including phenoxy) is 1. The van der Waals surface area contributed by atoms with Crippen molar-refractivity contribution in [2.75, 3.05) is 18.1 Å². The SMILES string of the molecule is Cc1cc2c(c(-c3cc(F)c4c(c3C)CCCO4)c1CC=O)CCN2C=O. The molecule has 2 aliphatic heterocycles. The number of fused-ring (bicyclic) bond motifs is 2. The van der Waals surface area contributed by atoms with Gasteiger partial charge in [0, 0.05) is 24.2 Å². The van der Waals surface area contributed by atoms with Gasteiger partial charge in [-0.3, -0.25) is 4.79 Å². The average Bonchev–Trinajstić information content (AvgIpc) is 3.08. The molecule has 4 nitrogen and oxygen atoms in total. The van der Waals surface area contributed by atoms with Gasteiger partial charge >= 0.3 is 0 Å². The highest BCUT2D eigenvalue weighted by atomic mass is 19.1. The molecular weight excluding hydrogens is 345 g/mol. The Bertz CT molecular complexity index is 952. The summed E-state index contributed by atoms with van der Waals surface area (Å²) < 4.78 is 20.4. The van der Waals surface area contributed by atoms with Gasteiger partial charge < -0.3 is 14.4 Å². The van der Waals surface area contributed by atoms with E-state index in [-0.39, 0.29) is 12.2 Å². The second-order valence-corrected chi connectivity index (χ2v) is 7.25. The highest BCUT2D eigenvalue weighted by Gasteiger charge is 2.28. The van der Waals surface area contributed by atoms with Gasteiger partial charge in [0.25, 0.3) is 0 Å². The van der Waals surface area contributed by atoms with Crippen LogP contribution >= 0.6 is 0 Å². The Kier molecular flexibility index (Phi) is 4.46. The van der Waals surface area contributed by atoms with Gasteiger partial charge in [-0.05, 0) is 78.6 Å². The van der Waals surface area contributed by atoms with E-state index in [2.05, 4.69) is 0 Å². The van der Waals surface area contributed by atoms with Crippen molar-refractivity contribution in [3.05, 3.63) is 45.8 Å². The molecule has 0 saturated carbocycles. The summed E-state index contributed by atoms with van der Waals surface area (Å²) in [4.78, 5) is 24.5. The largest absolute Gasteiger partial charge is 0.490 e. The molecule has 1 amide bonds. The van der Waals surface area contributed by atoms with Crippen LogP contribution in [0.3, 0.4) is 0 Å². The number of carbonyl (C=O) groups is 2. The second-order valence-electron chi connectivity index (χ2n) is 7.25. The van der Waals surface area contributed by atoms with Crippen molar-refractivity contribution in [3.63, 3.8) is 0 Å². The quantitative estimate of drug-likeness (QED) is 0.774. The first-order valence-electron chi connectivity index (χ1n) is 9.32. The fourth-order valence-corrected chi connectivity index (χ4v) is 4.45. The van der Waals surface area contributed by atoms with Crippen molar-refractivity contribution in [2.45, 2.75) is 39.5 Å². The van der Waals surface area contributed by atoms with E-state index >= 15 is 0 Å². The maximum Gasteiger partial charge on any atom is 0.214 e. The number of nitrogens with zero attached hydrogens (tertiary/aromatic N) is 1. The van der Waals surface area contributed by atoms with Crippen molar-refractivity contribution in [1.82, 2.24) is 0 Å². The number of carbonyl (C=O) groups excluding carboxylic acids is 2.